The number of hydrogen-bond acceptors (Lipinski definition) is 3. The minimum absolute atomic E-state index is 0.0779. The van der Waals surface area contributed by atoms with Gasteiger partial charge >= 0.3 is 5.97 Å². The van der Waals surface area contributed by atoms with Crippen LogP contribution in [0.3, 0.4) is 0 Å². The van der Waals surface area contributed by atoms with Crippen molar-refractivity contribution in [2.45, 2.75) is 32.7 Å². The molecule has 0 bridgehead atoms. The van der Waals surface area contributed by atoms with Crippen molar-refractivity contribution in [3.63, 3.8) is 0 Å². The third-order valence-electron chi connectivity index (χ3n) is 3.35. The molecule has 0 radical (unpaired) electrons. The van der Waals surface area contributed by atoms with E-state index in [2.05, 4.69) is 27.9 Å². The first kappa shape index (κ1) is 16.9. The van der Waals surface area contributed by atoms with Gasteiger partial charge in [0.2, 0.25) is 0 Å². The molecule has 0 saturated heterocycles. The fraction of sp³-hybridized carbons (Fsp3) is 0.467. The molecule has 110 valence electrons. The van der Waals surface area contributed by atoms with Crippen LogP contribution in [0.15, 0.2) is 24.3 Å². The number of amides is 1. The molecule has 0 heterocycles. The average Bonchev–Trinajstić information content (AvgIpc) is 2.46. The molecule has 4 nitrogen and oxygen atoms in total. The monoisotopic (exact) mass is 389 g/mol. The van der Waals surface area contributed by atoms with E-state index in [4.69, 9.17) is 4.74 Å². The van der Waals surface area contributed by atoms with E-state index in [1.807, 2.05) is 26.0 Å². The molecule has 0 spiro atoms. The number of ether oxygens (including phenoxy) is 1. The number of methoxy groups -OCH3 is 1. The van der Waals surface area contributed by atoms with Gasteiger partial charge in [0.1, 0.15) is 6.04 Å². The second-order valence-corrected chi connectivity index (χ2v) is 5.81. The standard InChI is InChI=1S/C15H20INO3/c1-4-10(5-2)13(15(19)20-3)17-14(18)11-7-6-8-12(16)9-11/h6-10,13H,4-5H2,1-3H3,(H,17,18)/t13-/m1/s1. The maximum Gasteiger partial charge on any atom is 0.328 e. The number of nitrogens with one attached hydrogen (secondary N) is 1. The van der Waals surface area contributed by atoms with Gasteiger partial charge in [0.05, 0.1) is 7.11 Å². The zero-order chi connectivity index (χ0) is 15.1. The SMILES string of the molecule is CCC(CC)[C@@H](NC(=O)c1cccc(I)c1)C(=O)OC. The lowest BCUT2D eigenvalue weighted by Gasteiger charge is -2.24. The van der Waals surface area contributed by atoms with Crippen molar-refractivity contribution in [1.82, 2.24) is 5.32 Å². The molecule has 1 rings (SSSR count). The normalized spacial score (nSPS) is 12.1. The van der Waals surface area contributed by atoms with Crippen LogP contribution in [0, 0.1) is 9.49 Å². The molecule has 5 heteroatoms. The van der Waals surface area contributed by atoms with E-state index in [1.165, 1.54) is 7.11 Å². The van der Waals surface area contributed by atoms with Crippen LogP contribution in [-0.2, 0) is 9.53 Å². The van der Waals surface area contributed by atoms with E-state index < -0.39 is 12.0 Å². The molecule has 1 amide bonds. The summed E-state index contributed by atoms with van der Waals surface area (Å²) in [7, 11) is 1.34. The van der Waals surface area contributed by atoms with Crippen molar-refractivity contribution in [2.75, 3.05) is 7.11 Å². The van der Waals surface area contributed by atoms with Crippen LogP contribution in [0.25, 0.3) is 0 Å². The summed E-state index contributed by atoms with van der Waals surface area (Å²) in [6.07, 6.45) is 1.62. The molecule has 0 aliphatic rings. The molecular formula is C15H20INO3. The second-order valence-electron chi connectivity index (χ2n) is 4.56. The highest BCUT2D eigenvalue weighted by atomic mass is 127. The Morgan fingerprint density at radius 3 is 2.45 bits per heavy atom. The summed E-state index contributed by atoms with van der Waals surface area (Å²) in [5.41, 5.74) is 0.553. The van der Waals surface area contributed by atoms with Gasteiger partial charge in [-0.15, -0.1) is 0 Å². The minimum atomic E-state index is -0.597. The second kappa shape index (κ2) is 8.24. The van der Waals surface area contributed by atoms with Crippen molar-refractivity contribution in [1.29, 1.82) is 0 Å². The first-order valence-corrected chi connectivity index (χ1v) is 7.75. The summed E-state index contributed by atoms with van der Waals surface area (Å²) in [6, 6.07) is 6.66. The molecule has 1 atom stereocenters. The first-order valence-electron chi connectivity index (χ1n) is 6.67. The largest absolute Gasteiger partial charge is 0.467 e. The Bertz CT molecular complexity index is 472. The van der Waals surface area contributed by atoms with Gasteiger partial charge in [0.15, 0.2) is 0 Å². The van der Waals surface area contributed by atoms with Crippen molar-refractivity contribution in [3.8, 4) is 0 Å². The van der Waals surface area contributed by atoms with Gasteiger partial charge < -0.3 is 10.1 Å². The Hall–Kier alpha value is -1.11. The Balaban J connectivity index is 2.89. The van der Waals surface area contributed by atoms with Crippen molar-refractivity contribution >= 4 is 34.5 Å². The molecule has 0 saturated carbocycles. The molecule has 0 aromatic heterocycles. The Labute approximate surface area is 133 Å². The quantitative estimate of drug-likeness (QED) is 0.601. The van der Waals surface area contributed by atoms with Crippen LogP contribution in [0.1, 0.15) is 37.0 Å². The van der Waals surface area contributed by atoms with Gasteiger partial charge in [-0.3, -0.25) is 4.79 Å². The van der Waals surface area contributed by atoms with Gasteiger partial charge in [0.25, 0.3) is 5.91 Å². The lowest BCUT2D eigenvalue weighted by Crippen LogP contribution is -2.46. The maximum atomic E-state index is 12.2. The summed E-state index contributed by atoms with van der Waals surface area (Å²) >= 11 is 2.15. The number of rotatable bonds is 6. The molecule has 1 aromatic carbocycles. The molecule has 20 heavy (non-hydrogen) atoms. The van der Waals surface area contributed by atoms with Crippen molar-refractivity contribution in [2.24, 2.45) is 5.92 Å². The molecule has 0 aliphatic carbocycles. The number of carbonyl (C=O) groups is 2. The Morgan fingerprint density at radius 2 is 1.95 bits per heavy atom. The van der Waals surface area contributed by atoms with E-state index in [0.717, 1.165) is 16.4 Å². The summed E-state index contributed by atoms with van der Waals surface area (Å²) in [5, 5.41) is 2.80. The molecule has 0 unspecified atom stereocenters. The number of esters is 1. The van der Waals surface area contributed by atoms with Gasteiger partial charge in [-0.1, -0.05) is 32.8 Å². The molecule has 0 aliphatic heterocycles. The average molecular weight is 389 g/mol. The predicted molar refractivity (Wildman–Crippen MR) is 86.5 cm³/mol. The highest BCUT2D eigenvalue weighted by molar-refractivity contribution is 14.1. The fourth-order valence-corrected chi connectivity index (χ4v) is 2.65. The van der Waals surface area contributed by atoms with Crippen LogP contribution >= 0.6 is 22.6 Å². The van der Waals surface area contributed by atoms with Crippen LogP contribution in [0.5, 0.6) is 0 Å². The minimum Gasteiger partial charge on any atom is -0.467 e. The number of hydrogen-bond donors (Lipinski definition) is 1. The van der Waals surface area contributed by atoms with Crippen LogP contribution in [0.4, 0.5) is 0 Å². The maximum absolute atomic E-state index is 12.2. The summed E-state index contributed by atoms with van der Waals surface area (Å²) in [4.78, 5) is 24.1. The van der Waals surface area contributed by atoms with E-state index in [0.29, 0.717) is 5.56 Å². The number of halogens is 1. The number of benzene rings is 1. The van der Waals surface area contributed by atoms with E-state index in [9.17, 15) is 9.59 Å². The highest BCUT2D eigenvalue weighted by Gasteiger charge is 2.28. The first-order chi connectivity index (χ1) is 9.53. The molecule has 0 fully saturated rings. The lowest BCUT2D eigenvalue weighted by molar-refractivity contribution is -0.144. The molecule has 1 aromatic rings. The predicted octanol–water partition coefficient (Wildman–Crippen LogP) is 3.00. The van der Waals surface area contributed by atoms with Crippen molar-refractivity contribution < 1.29 is 14.3 Å². The van der Waals surface area contributed by atoms with Crippen LogP contribution in [-0.4, -0.2) is 25.0 Å². The molecule has 1 N–H and O–H groups in total. The topological polar surface area (TPSA) is 55.4 Å². The fourth-order valence-electron chi connectivity index (χ4n) is 2.11. The highest BCUT2D eigenvalue weighted by Crippen LogP contribution is 2.16. The number of carbonyl (C=O) groups excluding carboxylic acids is 2. The molecular weight excluding hydrogens is 369 g/mol. The third kappa shape index (κ3) is 4.47. The van der Waals surface area contributed by atoms with Gasteiger partial charge in [0, 0.05) is 9.13 Å². The van der Waals surface area contributed by atoms with Crippen molar-refractivity contribution in [3.05, 3.63) is 33.4 Å². The van der Waals surface area contributed by atoms with E-state index in [-0.39, 0.29) is 11.8 Å². The van der Waals surface area contributed by atoms with E-state index in [1.54, 1.807) is 12.1 Å². The van der Waals surface area contributed by atoms with E-state index >= 15 is 0 Å². The van der Waals surface area contributed by atoms with Crippen LogP contribution < -0.4 is 5.32 Å². The Morgan fingerprint density at radius 1 is 1.30 bits per heavy atom. The zero-order valence-corrected chi connectivity index (χ0v) is 14.1. The van der Waals surface area contributed by atoms with Gasteiger partial charge in [-0.25, -0.2) is 4.79 Å². The van der Waals surface area contributed by atoms with Gasteiger partial charge in [-0.05, 0) is 46.7 Å². The third-order valence-corrected chi connectivity index (χ3v) is 4.02. The summed E-state index contributed by atoms with van der Waals surface area (Å²) < 4.78 is 5.78. The van der Waals surface area contributed by atoms with Gasteiger partial charge in [-0.2, -0.15) is 0 Å². The summed E-state index contributed by atoms with van der Waals surface area (Å²) in [6.45, 7) is 4.00. The zero-order valence-electron chi connectivity index (χ0n) is 12.0. The smallest absolute Gasteiger partial charge is 0.328 e. The lowest BCUT2D eigenvalue weighted by atomic mass is 9.94. The summed E-state index contributed by atoms with van der Waals surface area (Å²) in [5.74, 6) is -0.558. The van der Waals surface area contributed by atoms with Crippen LogP contribution in [0.2, 0.25) is 0 Å². The Kier molecular flexibility index (Phi) is 6.98.